The molecule has 5 atom stereocenters. The van der Waals surface area contributed by atoms with E-state index in [2.05, 4.69) is 0 Å². The van der Waals surface area contributed by atoms with Crippen LogP contribution in [0.25, 0.3) is 0 Å². The molecular formula is C11H23O8SY-. The van der Waals surface area contributed by atoms with Crippen LogP contribution in [-0.4, -0.2) is 71.4 Å². The van der Waals surface area contributed by atoms with Gasteiger partial charge in [-0.15, -0.1) is 0 Å². The first kappa shape index (κ1) is 24.1. The molecule has 125 valence electrons. The summed E-state index contributed by atoms with van der Waals surface area (Å²) < 4.78 is 42.2. The van der Waals surface area contributed by atoms with Crippen LogP contribution in [0.5, 0.6) is 0 Å². The van der Waals surface area contributed by atoms with Crippen LogP contribution >= 0.6 is 0 Å². The number of aliphatic hydroxyl groups excluding tert-OH is 3. The number of rotatable bonds is 6. The summed E-state index contributed by atoms with van der Waals surface area (Å²) in [6.45, 7) is 2.17. The average Bonchev–Trinajstić information content (AvgIpc) is 2.30. The second kappa shape index (κ2) is 10.6. The topological polar surface area (TPSA) is 136 Å². The zero-order valence-corrected chi connectivity index (χ0v) is 14.7. The summed E-state index contributed by atoms with van der Waals surface area (Å²) in [6.07, 6.45) is -5.96. The van der Waals surface area contributed by atoms with Crippen LogP contribution in [0.1, 0.15) is 27.2 Å². The van der Waals surface area contributed by atoms with E-state index in [4.69, 9.17) is 9.47 Å². The minimum absolute atomic E-state index is 0. The Hall–Kier alpha value is 0.814. The van der Waals surface area contributed by atoms with Crippen LogP contribution < -0.4 is 0 Å². The molecule has 1 aliphatic rings. The van der Waals surface area contributed by atoms with Gasteiger partial charge >= 0.3 is 0 Å². The molecule has 1 radical (unpaired) electrons. The average molecular weight is 404 g/mol. The monoisotopic (exact) mass is 404 g/mol. The maximum Gasteiger partial charge on any atom is 0.186 e. The van der Waals surface area contributed by atoms with Gasteiger partial charge in [0.15, 0.2) is 6.29 Å². The van der Waals surface area contributed by atoms with Crippen molar-refractivity contribution in [3.8, 4) is 0 Å². The fourth-order valence-electron chi connectivity index (χ4n) is 1.74. The molecule has 0 amide bonds. The molecule has 0 bridgehead atoms. The van der Waals surface area contributed by atoms with Crippen LogP contribution in [0.2, 0.25) is 0 Å². The van der Waals surface area contributed by atoms with Crippen molar-refractivity contribution in [3.63, 3.8) is 0 Å². The Morgan fingerprint density at radius 2 is 1.76 bits per heavy atom. The van der Waals surface area contributed by atoms with E-state index in [9.17, 15) is 28.3 Å². The molecule has 21 heavy (non-hydrogen) atoms. The van der Waals surface area contributed by atoms with Crippen molar-refractivity contribution in [3.05, 3.63) is 0 Å². The van der Waals surface area contributed by atoms with Crippen molar-refractivity contribution in [1.82, 2.24) is 0 Å². The van der Waals surface area contributed by atoms with Gasteiger partial charge in [-0.05, 0) is 6.42 Å². The van der Waals surface area contributed by atoms with Crippen molar-refractivity contribution < 1.29 is 70.5 Å². The van der Waals surface area contributed by atoms with Gasteiger partial charge in [0.1, 0.15) is 24.4 Å². The second-order valence-corrected chi connectivity index (χ2v) is 5.91. The fraction of sp³-hybridized carbons (Fsp3) is 1.00. The van der Waals surface area contributed by atoms with E-state index >= 15 is 0 Å². The van der Waals surface area contributed by atoms with Gasteiger partial charge < -0.3 is 29.3 Å². The summed E-state index contributed by atoms with van der Waals surface area (Å²) in [6, 6.07) is 0. The van der Waals surface area contributed by atoms with Gasteiger partial charge in [-0.3, -0.25) is 0 Å². The Balaban J connectivity index is 0. The number of unbranched alkanes of at least 4 members (excludes halogenated alkanes) is 1. The molecule has 1 unspecified atom stereocenters. The van der Waals surface area contributed by atoms with Gasteiger partial charge in [-0.25, -0.2) is 8.42 Å². The Morgan fingerprint density at radius 1 is 1.19 bits per heavy atom. The smallest absolute Gasteiger partial charge is 0.186 e. The van der Waals surface area contributed by atoms with Crippen molar-refractivity contribution in [1.29, 1.82) is 0 Å². The Kier molecular flexibility index (Phi) is 12.1. The number of aliphatic hydroxyl groups is 3. The standard InChI is InChI=1S/C10H20O8S.CH4.Y/c1-2-3-4-17-10-9(13)8(12)7(11)6(18-10)5-19(14,15)16;;/h6-13H,2-5H2,1H3,(H,14,15,16);1H4;/p-1/t6-,7-,8+,9-,10?;;/m1../s1. The predicted molar refractivity (Wildman–Crippen MR) is 68.8 cm³/mol. The van der Waals surface area contributed by atoms with Gasteiger partial charge in [0.25, 0.3) is 0 Å². The van der Waals surface area contributed by atoms with E-state index in [1.807, 2.05) is 6.92 Å². The van der Waals surface area contributed by atoms with E-state index in [0.29, 0.717) is 6.42 Å². The van der Waals surface area contributed by atoms with Crippen molar-refractivity contribution in [2.75, 3.05) is 12.4 Å². The van der Waals surface area contributed by atoms with E-state index < -0.39 is 46.6 Å². The molecule has 0 spiro atoms. The van der Waals surface area contributed by atoms with Crippen LogP contribution in [-0.2, 0) is 52.3 Å². The molecular weight excluding hydrogens is 381 g/mol. The normalized spacial score (nSPS) is 32.9. The maximum absolute atomic E-state index is 10.7. The molecule has 10 heteroatoms. The largest absolute Gasteiger partial charge is 0.748 e. The Bertz CT molecular complexity index is 376. The molecule has 1 heterocycles. The zero-order valence-electron chi connectivity index (χ0n) is 11.1. The van der Waals surface area contributed by atoms with Gasteiger partial charge in [-0.2, -0.15) is 0 Å². The summed E-state index contributed by atoms with van der Waals surface area (Å²) in [5, 5.41) is 28.8. The Morgan fingerprint density at radius 3 is 2.24 bits per heavy atom. The van der Waals surface area contributed by atoms with Crippen molar-refractivity contribution in [2.45, 2.75) is 57.9 Å². The van der Waals surface area contributed by atoms with Crippen LogP contribution in [0.4, 0.5) is 0 Å². The molecule has 0 aromatic rings. The molecule has 0 aromatic heterocycles. The van der Waals surface area contributed by atoms with Gasteiger partial charge in [0.05, 0.1) is 15.9 Å². The molecule has 1 fully saturated rings. The van der Waals surface area contributed by atoms with Gasteiger partial charge in [0.2, 0.25) is 0 Å². The molecule has 0 saturated carbocycles. The van der Waals surface area contributed by atoms with E-state index in [0.717, 1.165) is 6.42 Å². The molecule has 1 rings (SSSR count). The molecule has 0 aromatic carbocycles. The van der Waals surface area contributed by atoms with Gasteiger partial charge in [0, 0.05) is 39.3 Å². The predicted octanol–water partition coefficient (Wildman–Crippen LogP) is -1.21. The molecule has 3 N–H and O–H groups in total. The zero-order chi connectivity index (χ0) is 14.6. The summed E-state index contributed by atoms with van der Waals surface area (Å²) in [5.74, 6) is -0.994. The summed E-state index contributed by atoms with van der Waals surface area (Å²) >= 11 is 0. The Labute approximate surface area is 150 Å². The fourth-order valence-corrected chi connectivity index (χ4v) is 2.42. The number of hydrogen-bond donors (Lipinski definition) is 3. The van der Waals surface area contributed by atoms with Gasteiger partial charge in [-0.1, -0.05) is 20.8 Å². The molecule has 0 aliphatic carbocycles. The van der Waals surface area contributed by atoms with E-state index in [1.165, 1.54) is 0 Å². The summed E-state index contributed by atoms with van der Waals surface area (Å²) in [4.78, 5) is 0. The molecule has 1 saturated heterocycles. The SMILES string of the molecule is C.CCCCOC1O[C@H](CS(=O)(=O)[O-])[C@@H](O)[C@H](O)[C@H]1O.[Y]. The quantitative estimate of drug-likeness (QED) is 0.371. The first-order chi connectivity index (χ1) is 8.76. The van der Waals surface area contributed by atoms with Crippen molar-refractivity contribution in [2.24, 2.45) is 0 Å². The third-order valence-corrected chi connectivity index (χ3v) is 3.55. The third-order valence-electron chi connectivity index (χ3n) is 2.82. The summed E-state index contributed by atoms with van der Waals surface area (Å²) in [7, 11) is -4.63. The number of hydrogen-bond acceptors (Lipinski definition) is 8. The van der Waals surface area contributed by atoms with Crippen LogP contribution in [0.15, 0.2) is 0 Å². The summed E-state index contributed by atoms with van der Waals surface area (Å²) in [5.41, 5.74) is 0. The van der Waals surface area contributed by atoms with Crippen LogP contribution in [0, 0.1) is 0 Å². The first-order valence-electron chi connectivity index (χ1n) is 6.01. The van der Waals surface area contributed by atoms with Crippen LogP contribution in [0.3, 0.4) is 0 Å². The first-order valence-corrected chi connectivity index (χ1v) is 7.59. The second-order valence-electron chi connectivity index (χ2n) is 4.46. The maximum atomic E-state index is 10.7. The minimum atomic E-state index is -4.63. The third kappa shape index (κ3) is 7.76. The van der Waals surface area contributed by atoms with E-state index in [1.54, 1.807) is 0 Å². The van der Waals surface area contributed by atoms with E-state index in [-0.39, 0.29) is 46.7 Å². The number of ether oxygens (including phenoxy) is 2. The molecule has 8 nitrogen and oxygen atoms in total. The molecule has 1 aliphatic heterocycles. The minimum Gasteiger partial charge on any atom is -0.748 e. The van der Waals surface area contributed by atoms with Crippen molar-refractivity contribution >= 4 is 10.1 Å².